The average molecular weight is 134 g/mol. The van der Waals surface area contributed by atoms with E-state index in [9.17, 15) is 0 Å². The molecule has 1 aromatic rings. The fourth-order valence-electron chi connectivity index (χ4n) is 0.233. The Morgan fingerprint density at radius 1 is 1.71 bits per heavy atom. The van der Waals surface area contributed by atoms with Crippen LogP contribution >= 0.6 is 23.1 Å². The monoisotopic (exact) mass is 133 g/mol. The third-order valence-corrected chi connectivity index (χ3v) is 1.28. The molecule has 0 aliphatic heterocycles. The molecule has 0 amide bonds. The maximum absolute atomic E-state index is 5.37. The van der Waals surface area contributed by atoms with Crippen LogP contribution in [0.25, 0.3) is 0 Å². The predicted molar refractivity (Wildman–Crippen MR) is 29.4 cm³/mol. The Morgan fingerprint density at radius 3 is 2.57 bits per heavy atom. The zero-order valence-electron chi connectivity index (χ0n) is 3.39. The fraction of sp³-hybridized carbons (Fsp3) is 0. The molecule has 0 bridgehead atoms. The number of halogens is 1. The van der Waals surface area contributed by atoms with E-state index in [0.717, 1.165) is 11.5 Å². The summed E-state index contributed by atoms with van der Waals surface area (Å²) < 4.78 is 4.15. The lowest BCUT2D eigenvalue weighted by atomic mass is 10.8. The van der Waals surface area contributed by atoms with Crippen LogP contribution in [0.3, 0.4) is 0 Å². The molecule has 0 aliphatic carbocycles. The largest absolute Gasteiger partial charge is 0.208 e. The van der Waals surface area contributed by atoms with Gasteiger partial charge in [-0.15, -0.1) is 0 Å². The number of hydrogen-bond donors (Lipinski definition) is 0. The molecule has 1 heterocycles. The van der Waals surface area contributed by atoms with Crippen LogP contribution in [0.5, 0.6) is 0 Å². The van der Waals surface area contributed by atoms with E-state index >= 15 is 0 Å². The van der Waals surface area contributed by atoms with Crippen LogP contribution in [-0.4, -0.2) is 9.36 Å². The fourth-order valence-corrected chi connectivity index (χ4v) is 0.801. The van der Waals surface area contributed by atoms with Crippen molar-refractivity contribution in [2.24, 2.45) is 0 Å². The summed E-state index contributed by atoms with van der Waals surface area (Å²) in [5, 5.41) is 0. The van der Waals surface area contributed by atoms with Crippen molar-refractivity contribution in [3.8, 4) is 0 Å². The second-order valence-corrected chi connectivity index (χ2v) is 2.30. The lowest BCUT2D eigenvalue weighted by molar-refractivity contribution is 1.25. The van der Waals surface area contributed by atoms with Crippen LogP contribution in [0.4, 0.5) is 0 Å². The third kappa shape index (κ3) is 1.11. The van der Waals surface area contributed by atoms with E-state index < -0.39 is 0 Å². The lowest BCUT2D eigenvalue weighted by Gasteiger charge is -1.65. The molecule has 1 aromatic heterocycles. The van der Waals surface area contributed by atoms with E-state index in [2.05, 4.69) is 16.3 Å². The van der Waals surface area contributed by atoms with Crippen LogP contribution < -0.4 is 0 Å². The molecule has 0 atom stereocenters. The number of nitrogens with zero attached hydrogens (tertiary/aromatic N) is 2. The molecule has 0 saturated heterocycles. The minimum absolute atomic E-state index is 0.449. The first-order chi connectivity index (χ1) is 3.29. The zero-order valence-corrected chi connectivity index (χ0v) is 4.96. The van der Waals surface area contributed by atoms with Gasteiger partial charge in [0.25, 0.3) is 0 Å². The Bertz CT molecular complexity index is 145. The molecule has 1 rings (SSSR count). The predicted octanol–water partition coefficient (Wildman–Crippen LogP) is 1.37. The van der Waals surface area contributed by atoms with Crippen LogP contribution in [0.15, 0.2) is 0 Å². The summed E-state index contributed by atoms with van der Waals surface area (Å²) >= 11 is 6.51. The first-order valence-electron chi connectivity index (χ1n) is 1.60. The molecule has 0 saturated carbocycles. The topological polar surface area (TPSA) is 25.8 Å². The van der Waals surface area contributed by atoms with Crippen molar-refractivity contribution in [3.05, 3.63) is 17.2 Å². The van der Waals surface area contributed by atoms with Crippen molar-refractivity contribution in [2.45, 2.75) is 0 Å². The molecule has 0 aromatic carbocycles. The number of hydrogen-bond acceptors (Lipinski definition) is 3. The Kier molecular flexibility index (Phi) is 1.25. The van der Waals surface area contributed by atoms with Crippen LogP contribution in [0.2, 0.25) is 4.47 Å². The van der Waals surface area contributed by atoms with Crippen molar-refractivity contribution < 1.29 is 0 Å². The van der Waals surface area contributed by atoms with E-state index in [1.165, 1.54) is 0 Å². The van der Waals surface area contributed by atoms with Crippen molar-refractivity contribution >= 4 is 23.1 Å². The van der Waals surface area contributed by atoms with E-state index in [1.807, 2.05) is 0 Å². The van der Waals surface area contributed by atoms with Gasteiger partial charge in [0, 0.05) is 6.92 Å². The van der Waals surface area contributed by atoms with Gasteiger partial charge in [0.1, 0.15) is 5.82 Å². The maximum atomic E-state index is 5.37. The molecule has 0 aliphatic rings. The number of rotatable bonds is 0. The van der Waals surface area contributed by atoms with Gasteiger partial charge in [-0.3, -0.25) is 0 Å². The van der Waals surface area contributed by atoms with Gasteiger partial charge in [-0.05, 0) is 23.1 Å². The molecule has 0 unspecified atom stereocenters. The molecule has 1 radical (unpaired) electrons. The Morgan fingerprint density at radius 2 is 2.43 bits per heavy atom. The first-order valence-corrected chi connectivity index (χ1v) is 2.75. The molecule has 0 fully saturated rings. The van der Waals surface area contributed by atoms with Crippen molar-refractivity contribution in [1.29, 1.82) is 0 Å². The quantitative estimate of drug-likeness (QED) is 0.534. The van der Waals surface area contributed by atoms with Gasteiger partial charge in [0.15, 0.2) is 0 Å². The summed E-state index contributed by atoms with van der Waals surface area (Å²) in [5.41, 5.74) is 0. The van der Waals surface area contributed by atoms with Gasteiger partial charge in [-0.1, -0.05) is 0 Å². The zero-order chi connectivity index (χ0) is 5.28. The van der Waals surface area contributed by atoms with E-state index in [1.54, 1.807) is 0 Å². The van der Waals surface area contributed by atoms with Crippen molar-refractivity contribution in [3.63, 3.8) is 0 Å². The molecule has 37 valence electrons. The summed E-state index contributed by atoms with van der Waals surface area (Å²) in [4.78, 5) is 3.67. The third-order valence-electron chi connectivity index (χ3n) is 0.443. The van der Waals surface area contributed by atoms with Gasteiger partial charge in [0.05, 0.1) is 0 Å². The highest BCUT2D eigenvalue weighted by Crippen LogP contribution is 2.08. The van der Waals surface area contributed by atoms with Gasteiger partial charge in [0.2, 0.25) is 4.47 Å². The van der Waals surface area contributed by atoms with E-state index in [-0.39, 0.29) is 0 Å². The maximum Gasteiger partial charge on any atom is 0.203 e. The molecule has 7 heavy (non-hydrogen) atoms. The summed E-state index contributed by atoms with van der Waals surface area (Å²) in [6.45, 7) is 3.45. The first kappa shape index (κ1) is 5.00. The van der Waals surface area contributed by atoms with Crippen LogP contribution in [0, 0.1) is 6.92 Å². The van der Waals surface area contributed by atoms with Crippen LogP contribution in [0.1, 0.15) is 5.82 Å². The van der Waals surface area contributed by atoms with Gasteiger partial charge in [-0.25, -0.2) is 4.98 Å². The number of aromatic nitrogens is 2. The molecule has 0 N–H and O–H groups in total. The highest BCUT2D eigenvalue weighted by molar-refractivity contribution is 7.10. The summed E-state index contributed by atoms with van der Waals surface area (Å²) in [7, 11) is 0. The Balaban J connectivity index is 3.04. The van der Waals surface area contributed by atoms with E-state index in [4.69, 9.17) is 11.6 Å². The molecule has 2 nitrogen and oxygen atoms in total. The highest BCUT2D eigenvalue weighted by Gasteiger charge is 1.90. The molecule has 4 heteroatoms. The normalized spacial score (nSPS) is 9.43. The minimum atomic E-state index is 0.449. The van der Waals surface area contributed by atoms with Crippen LogP contribution in [-0.2, 0) is 0 Å². The standard InChI is InChI=1S/C3H2ClN2S/c1-2-5-3(4)7-6-2/h1H2. The summed E-state index contributed by atoms with van der Waals surface area (Å²) in [6, 6.07) is 0. The molecular weight excluding hydrogens is 132 g/mol. The highest BCUT2D eigenvalue weighted by atomic mass is 35.5. The molecular formula is C3H2ClN2S. The van der Waals surface area contributed by atoms with Crippen molar-refractivity contribution in [1.82, 2.24) is 9.36 Å². The van der Waals surface area contributed by atoms with Gasteiger partial charge < -0.3 is 0 Å². The Labute approximate surface area is 50.3 Å². The lowest BCUT2D eigenvalue weighted by Crippen LogP contribution is -1.67. The van der Waals surface area contributed by atoms with Crippen molar-refractivity contribution in [2.75, 3.05) is 0 Å². The average Bonchev–Trinajstić information content (AvgIpc) is 1.87. The second kappa shape index (κ2) is 1.76. The minimum Gasteiger partial charge on any atom is -0.208 e. The smallest absolute Gasteiger partial charge is 0.203 e. The van der Waals surface area contributed by atoms with Gasteiger partial charge >= 0.3 is 0 Å². The summed E-state index contributed by atoms with van der Waals surface area (Å²) in [6.07, 6.45) is 0. The van der Waals surface area contributed by atoms with Gasteiger partial charge in [-0.2, -0.15) is 4.37 Å². The summed E-state index contributed by atoms with van der Waals surface area (Å²) in [5.74, 6) is 0.495. The molecule has 0 spiro atoms. The SMILES string of the molecule is [CH2]c1nsc(Cl)n1. The second-order valence-electron chi connectivity index (χ2n) is 0.964. The van der Waals surface area contributed by atoms with E-state index in [0.29, 0.717) is 10.3 Å². The Hall–Kier alpha value is -0.150.